The molecule has 1 aliphatic heterocycles. The monoisotopic (exact) mass is 307 g/mol. The van der Waals surface area contributed by atoms with Gasteiger partial charge in [-0.3, -0.25) is 4.79 Å². The van der Waals surface area contributed by atoms with Gasteiger partial charge in [-0.25, -0.2) is 4.98 Å². The van der Waals surface area contributed by atoms with Crippen LogP contribution in [-0.2, 0) is 9.53 Å². The van der Waals surface area contributed by atoms with Gasteiger partial charge in [0.2, 0.25) is 5.91 Å². The van der Waals surface area contributed by atoms with E-state index in [2.05, 4.69) is 15.6 Å². The molecule has 0 bridgehead atoms. The van der Waals surface area contributed by atoms with E-state index in [0.29, 0.717) is 19.0 Å². The van der Waals surface area contributed by atoms with Crippen LogP contribution in [0.15, 0.2) is 18.3 Å². The molecule has 0 spiro atoms. The zero-order chi connectivity index (χ0) is 12.3. The molecule has 2 heterocycles. The molecule has 1 aromatic rings. The van der Waals surface area contributed by atoms with Crippen molar-refractivity contribution in [3.63, 3.8) is 0 Å². The van der Waals surface area contributed by atoms with Gasteiger partial charge in [-0.05, 0) is 31.5 Å². The Hall–Kier alpha value is -0.880. The maximum Gasteiger partial charge on any atom is 0.245 e. The summed E-state index contributed by atoms with van der Waals surface area (Å²) in [6, 6.07) is 3.41. The van der Waals surface area contributed by atoms with Crippen LogP contribution >= 0.6 is 24.8 Å². The number of rotatable bonds is 2. The van der Waals surface area contributed by atoms with Gasteiger partial charge in [-0.15, -0.1) is 24.8 Å². The lowest BCUT2D eigenvalue weighted by atomic mass is 10.1. The van der Waals surface area contributed by atoms with Gasteiger partial charge < -0.3 is 15.4 Å². The van der Waals surface area contributed by atoms with Crippen LogP contribution in [0.5, 0.6) is 0 Å². The molecule has 2 atom stereocenters. The third kappa shape index (κ3) is 4.95. The Morgan fingerprint density at radius 2 is 2.26 bits per heavy atom. The predicted octanol–water partition coefficient (Wildman–Crippen LogP) is 1.55. The highest BCUT2D eigenvalue weighted by Crippen LogP contribution is 2.09. The first-order valence-electron chi connectivity index (χ1n) is 5.75. The second-order valence-electron chi connectivity index (χ2n) is 4.22. The maximum absolute atomic E-state index is 12.0. The van der Waals surface area contributed by atoms with Crippen LogP contribution in [0.4, 0.5) is 5.82 Å². The zero-order valence-electron chi connectivity index (χ0n) is 10.9. The Balaban J connectivity index is 0.00000162. The summed E-state index contributed by atoms with van der Waals surface area (Å²) in [7, 11) is 0. The number of aromatic nitrogens is 1. The first-order chi connectivity index (χ1) is 8.16. The highest BCUT2D eigenvalue weighted by atomic mass is 35.5. The molecule has 1 fully saturated rings. The smallest absolute Gasteiger partial charge is 0.245 e. The molecule has 0 radical (unpaired) electrons. The molecule has 1 amide bonds. The van der Waals surface area contributed by atoms with Crippen LogP contribution in [0.3, 0.4) is 0 Å². The number of nitrogens with zero attached hydrogens (tertiary/aromatic N) is 1. The number of aryl methyl sites for hydroxylation is 1. The third-order valence-electron chi connectivity index (χ3n) is 2.77. The molecule has 5 nitrogen and oxygen atoms in total. The third-order valence-corrected chi connectivity index (χ3v) is 2.77. The van der Waals surface area contributed by atoms with E-state index < -0.39 is 0 Å². The fourth-order valence-corrected chi connectivity index (χ4v) is 1.84. The summed E-state index contributed by atoms with van der Waals surface area (Å²) in [5.74, 6) is 0.477. The van der Waals surface area contributed by atoms with Crippen LogP contribution in [0.2, 0.25) is 0 Å². The average molecular weight is 308 g/mol. The Bertz CT molecular complexity index is 418. The molecule has 2 N–H and O–H groups in total. The molecule has 7 heteroatoms. The molecule has 108 valence electrons. The van der Waals surface area contributed by atoms with Gasteiger partial charge >= 0.3 is 0 Å². The normalized spacial score (nSPS) is 21.8. The topological polar surface area (TPSA) is 63.2 Å². The Kier molecular flexibility index (Phi) is 7.94. The number of halogens is 2. The number of anilines is 1. The lowest BCUT2D eigenvalue weighted by Crippen LogP contribution is -2.53. The fourth-order valence-electron chi connectivity index (χ4n) is 1.84. The van der Waals surface area contributed by atoms with Crippen LogP contribution < -0.4 is 10.6 Å². The molecule has 0 saturated carbocycles. The van der Waals surface area contributed by atoms with Crippen molar-refractivity contribution in [3.8, 4) is 0 Å². The van der Waals surface area contributed by atoms with Crippen molar-refractivity contribution in [1.29, 1.82) is 0 Å². The molecule has 1 aliphatic rings. The number of carbonyl (C=O) groups excluding carboxylic acids is 1. The number of nitrogens with one attached hydrogen (secondary N) is 2. The minimum absolute atomic E-state index is 0. The number of morpholine rings is 1. The van der Waals surface area contributed by atoms with Gasteiger partial charge in [0.1, 0.15) is 11.9 Å². The lowest BCUT2D eigenvalue weighted by molar-refractivity contribution is -0.123. The van der Waals surface area contributed by atoms with Gasteiger partial charge in [0.25, 0.3) is 0 Å². The van der Waals surface area contributed by atoms with Crippen molar-refractivity contribution in [2.45, 2.75) is 26.0 Å². The quantitative estimate of drug-likeness (QED) is 0.870. The lowest BCUT2D eigenvalue weighted by Gasteiger charge is -2.29. The Morgan fingerprint density at radius 1 is 1.53 bits per heavy atom. The van der Waals surface area contributed by atoms with E-state index in [-0.39, 0.29) is 42.9 Å². The van der Waals surface area contributed by atoms with Crippen molar-refractivity contribution < 1.29 is 9.53 Å². The van der Waals surface area contributed by atoms with E-state index in [4.69, 9.17) is 4.74 Å². The van der Waals surface area contributed by atoms with E-state index in [1.807, 2.05) is 26.0 Å². The Labute approximate surface area is 125 Å². The molecule has 0 unspecified atom stereocenters. The standard InChI is InChI=1S/C12H17N3O2.2ClH/c1-8-3-4-13-10(7-8)15-12(16)11-9(2)17-6-5-14-11;;/h3-4,7,9,11,14H,5-6H2,1-2H3,(H,13,15,16);2*1H/t9-,11+;;/m1../s1. The number of amides is 1. The molecular weight excluding hydrogens is 289 g/mol. The summed E-state index contributed by atoms with van der Waals surface area (Å²) in [6.45, 7) is 5.19. The predicted molar refractivity (Wildman–Crippen MR) is 79.3 cm³/mol. The molecule has 0 aromatic carbocycles. The van der Waals surface area contributed by atoms with Crippen molar-refractivity contribution in [3.05, 3.63) is 23.9 Å². The van der Waals surface area contributed by atoms with E-state index in [9.17, 15) is 4.79 Å². The second kappa shape index (κ2) is 8.32. The van der Waals surface area contributed by atoms with Gasteiger partial charge in [-0.1, -0.05) is 0 Å². The average Bonchev–Trinajstić information content (AvgIpc) is 2.29. The number of hydrogen-bond acceptors (Lipinski definition) is 4. The van der Waals surface area contributed by atoms with Crippen molar-refractivity contribution >= 4 is 36.5 Å². The number of ether oxygens (including phenoxy) is 1. The SMILES string of the molecule is Cc1ccnc(NC(=O)[C@H]2NCCO[C@@H]2C)c1.Cl.Cl. The van der Waals surface area contributed by atoms with E-state index in [1.165, 1.54) is 0 Å². The van der Waals surface area contributed by atoms with Crippen LogP contribution in [0.1, 0.15) is 12.5 Å². The van der Waals surface area contributed by atoms with Gasteiger partial charge in [0.05, 0.1) is 12.7 Å². The second-order valence-corrected chi connectivity index (χ2v) is 4.22. The Morgan fingerprint density at radius 3 is 2.89 bits per heavy atom. The molecule has 2 rings (SSSR count). The summed E-state index contributed by atoms with van der Waals surface area (Å²) in [6.07, 6.45) is 1.56. The van der Waals surface area contributed by atoms with Crippen LogP contribution in [0, 0.1) is 6.92 Å². The minimum Gasteiger partial charge on any atom is -0.375 e. The summed E-state index contributed by atoms with van der Waals surface area (Å²) in [5.41, 5.74) is 1.07. The zero-order valence-corrected chi connectivity index (χ0v) is 12.5. The highest BCUT2D eigenvalue weighted by molar-refractivity contribution is 5.94. The minimum atomic E-state index is -0.314. The van der Waals surface area contributed by atoms with Gasteiger partial charge in [-0.2, -0.15) is 0 Å². The number of carbonyl (C=O) groups is 1. The molecule has 1 aromatic heterocycles. The van der Waals surface area contributed by atoms with Gasteiger partial charge in [0, 0.05) is 12.7 Å². The molecular formula is C12H19Cl2N3O2. The van der Waals surface area contributed by atoms with Crippen molar-refractivity contribution in [2.75, 3.05) is 18.5 Å². The van der Waals surface area contributed by atoms with Crippen molar-refractivity contribution in [1.82, 2.24) is 10.3 Å². The van der Waals surface area contributed by atoms with E-state index in [1.54, 1.807) is 6.20 Å². The van der Waals surface area contributed by atoms with Crippen LogP contribution in [0.25, 0.3) is 0 Å². The van der Waals surface area contributed by atoms with Crippen LogP contribution in [-0.4, -0.2) is 36.2 Å². The number of hydrogen-bond donors (Lipinski definition) is 2. The fraction of sp³-hybridized carbons (Fsp3) is 0.500. The number of pyridine rings is 1. The summed E-state index contributed by atoms with van der Waals surface area (Å²) < 4.78 is 5.43. The first-order valence-corrected chi connectivity index (χ1v) is 5.75. The van der Waals surface area contributed by atoms with E-state index in [0.717, 1.165) is 5.56 Å². The molecule has 0 aliphatic carbocycles. The summed E-state index contributed by atoms with van der Waals surface area (Å²) in [4.78, 5) is 16.1. The largest absolute Gasteiger partial charge is 0.375 e. The first kappa shape index (κ1) is 18.1. The maximum atomic E-state index is 12.0. The highest BCUT2D eigenvalue weighted by Gasteiger charge is 2.28. The summed E-state index contributed by atoms with van der Waals surface area (Å²) >= 11 is 0. The summed E-state index contributed by atoms with van der Waals surface area (Å²) in [5, 5.41) is 5.93. The molecule has 19 heavy (non-hydrogen) atoms. The molecule has 1 saturated heterocycles. The van der Waals surface area contributed by atoms with E-state index >= 15 is 0 Å². The van der Waals surface area contributed by atoms with Crippen molar-refractivity contribution in [2.24, 2.45) is 0 Å². The van der Waals surface area contributed by atoms with Gasteiger partial charge in [0.15, 0.2) is 0 Å².